The van der Waals surface area contributed by atoms with Crippen molar-refractivity contribution in [3.05, 3.63) is 53.7 Å². The number of hydrogen-bond donors (Lipinski definition) is 1. The van der Waals surface area contributed by atoms with Crippen molar-refractivity contribution < 1.29 is 14.3 Å². The molecule has 7 nitrogen and oxygen atoms in total. The molecule has 0 radical (unpaired) electrons. The van der Waals surface area contributed by atoms with Crippen LogP contribution in [0.3, 0.4) is 0 Å². The van der Waals surface area contributed by atoms with E-state index in [9.17, 15) is 9.59 Å². The van der Waals surface area contributed by atoms with E-state index < -0.39 is 0 Å². The molecule has 1 saturated carbocycles. The van der Waals surface area contributed by atoms with E-state index in [4.69, 9.17) is 10.5 Å². The Morgan fingerprint density at radius 2 is 1.79 bits per heavy atom. The molecule has 7 heteroatoms. The summed E-state index contributed by atoms with van der Waals surface area (Å²) in [5.41, 5.74) is 7.01. The molecule has 0 spiro atoms. The van der Waals surface area contributed by atoms with E-state index in [0.29, 0.717) is 35.8 Å². The van der Waals surface area contributed by atoms with Crippen LogP contribution >= 0.6 is 0 Å². The third-order valence-electron chi connectivity index (χ3n) is 6.74. The minimum Gasteiger partial charge on any atom is -0.487 e. The number of nitrogens with two attached hydrogens (primary N) is 1. The van der Waals surface area contributed by atoms with Gasteiger partial charge in [-0.25, -0.2) is 4.98 Å². The van der Waals surface area contributed by atoms with E-state index >= 15 is 0 Å². The molecule has 0 unspecified atom stereocenters. The van der Waals surface area contributed by atoms with Crippen molar-refractivity contribution in [3.8, 4) is 5.75 Å². The first-order valence-electron chi connectivity index (χ1n) is 12.1. The quantitative estimate of drug-likeness (QED) is 0.705. The molecule has 4 rings (SSSR count). The topological polar surface area (TPSA) is 88.8 Å². The average molecular weight is 451 g/mol. The molecule has 33 heavy (non-hydrogen) atoms. The van der Waals surface area contributed by atoms with Crippen molar-refractivity contribution in [2.24, 2.45) is 0 Å². The first-order valence-corrected chi connectivity index (χ1v) is 12.1. The van der Waals surface area contributed by atoms with Gasteiger partial charge in [0.15, 0.2) is 0 Å². The van der Waals surface area contributed by atoms with Crippen LogP contribution in [0.1, 0.15) is 72.1 Å². The van der Waals surface area contributed by atoms with Crippen molar-refractivity contribution in [2.45, 2.75) is 63.5 Å². The summed E-state index contributed by atoms with van der Waals surface area (Å²) in [5.74, 6) is 0.899. The second-order valence-electron chi connectivity index (χ2n) is 9.11. The fraction of sp³-hybridized carbons (Fsp3) is 0.500. The molecule has 2 amide bonds. The summed E-state index contributed by atoms with van der Waals surface area (Å²) in [6, 6.07) is 10.8. The molecular formula is C26H34N4O3. The molecule has 1 aromatic carbocycles. The number of anilines is 1. The lowest BCUT2D eigenvalue weighted by molar-refractivity contribution is 0.0267. The van der Waals surface area contributed by atoms with Crippen LogP contribution < -0.4 is 10.5 Å². The van der Waals surface area contributed by atoms with Crippen LogP contribution in [-0.2, 0) is 0 Å². The number of aromatic nitrogens is 1. The van der Waals surface area contributed by atoms with Crippen LogP contribution in [0.5, 0.6) is 5.75 Å². The zero-order chi connectivity index (χ0) is 23.2. The molecule has 2 N–H and O–H groups in total. The molecule has 176 valence electrons. The van der Waals surface area contributed by atoms with Gasteiger partial charge in [0.05, 0.1) is 11.6 Å². The van der Waals surface area contributed by atoms with Gasteiger partial charge >= 0.3 is 0 Å². The lowest BCUT2D eigenvalue weighted by Gasteiger charge is -2.40. The molecule has 1 aliphatic heterocycles. The fourth-order valence-electron chi connectivity index (χ4n) is 4.94. The Hall–Kier alpha value is -3.09. The summed E-state index contributed by atoms with van der Waals surface area (Å²) in [6.45, 7) is 1.39. The van der Waals surface area contributed by atoms with Gasteiger partial charge in [-0.05, 0) is 56.4 Å². The van der Waals surface area contributed by atoms with Crippen LogP contribution in [0.4, 0.5) is 5.82 Å². The maximum absolute atomic E-state index is 13.6. The molecule has 0 saturated heterocycles. The van der Waals surface area contributed by atoms with E-state index in [1.165, 1.54) is 0 Å². The highest BCUT2D eigenvalue weighted by Crippen LogP contribution is 2.31. The van der Waals surface area contributed by atoms with Gasteiger partial charge in [-0.15, -0.1) is 0 Å². The number of nitrogens with zero attached hydrogens (tertiary/aromatic N) is 3. The number of carbonyl (C=O) groups is 2. The SMILES string of the molecule is CN1CCCCCCN(C(=O)c2ccnc(N)c2)[C@@H]2CCCC[C@@H]2Oc2ccccc2C1=O. The molecule has 2 aromatic rings. The first kappa shape index (κ1) is 23.1. The van der Waals surface area contributed by atoms with Gasteiger partial charge in [0.1, 0.15) is 17.7 Å². The lowest BCUT2D eigenvalue weighted by atomic mass is 9.90. The minimum absolute atomic E-state index is 0.0183. The minimum atomic E-state index is -0.163. The van der Waals surface area contributed by atoms with Crippen molar-refractivity contribution in [1.82, 2.24) is 14.8 Å². The molecule has 1 aliphatic carbocycles. The Kier molecular flexibility index (Phi) is 7.47. The van der Waals surface area contributed by atoms with Gasteiger partial charge < -0.3 is 20.3 Å². The maximum atomic E-state index is 13.6. The fourth-order valence-corrected chi connectivity index (χ4v) is 4.94. The van der Waals surface area contributed by atoms with Gasteiger partial charge in [-0.1, -0.05) is 31.4 Å². The first-order chi connectivity index (χ1) is 16.0. The Bertz CT molecular complexity index is 980. The van der Waals surface area contributed by atoms with Crippen molar-refractivity contribution in [2.75, 3.05) is 25.9 Å². The molecule has 1 fully saturated rings. The maximum Gasteiger partial charge on any atom is 0.257 e. The summed E-state index contributed by atoms with van der Waals surface area (Å²) in [4.78, 5) is 34.5. The Morgan fingerprint density at radius 1 is 1.03 bits per heavy atom. The smallest absolute Gasteiger partial charge is 0.257 e. The Morgan fingerprint density at radius 3 is 2.61 bits per heavy atom. The molecule has 2 atom stereocenters. The summed E-state index contributed by atoms with van der Waals surface area (Å²) in [5, 5.41) is 0. The van der Waals surface area contributed by atoms with Crippen molar-refractivity contribution >= 4 is 17.6 Å². The second kappa shape index (κ2) is 10.7. The number of hydrogen-bond acceptors (Lipinski definition) is 5. The largest absolute Gasteiger partial charge is 0.487 e. The molecule has 1 aromatic heterocycles. The zero-order valence-corrected chi connectivity index (χ0v) is 19.4. The number of rotatable bonds is 1. The van der Waals surface area contributed by atoms with Crippen LogP contribution in [0, 0.1) is 0 Å². The predicted molar refractivity (Wildman–Crippen MR) is 128 cm³/mol. The van der Waals surface area contributed by atoms with Gasteiger partial charge in [-0.2, -0.15) is 0 Å². The van der Waals surface area contributed by atoms with Crippen LogP contribution in [0.2, 0.25) is 0 Å². The number of benzene rings is 1. The monoisotopic (exact) mass is 450 g/mol. The molecule has 2 aliphatic rings. The van der Waals surface area contributed by atoms with E-state index in [2.05, 4.69) is 4.98 Å². The van der Waals surface area contributed by atoms with Crippen LogP contribution in [-0.4, -0.2) is 58.9 Å². The zero-order valence-electron chi connectivity index (χ0n) is 19.4. The standard InChI is InChI=1S/C26H34N4O3/c1-29-16-8-2-3-9-17-30(25(31)19-14-15-28-24(27)18-19)21-11-5-7-13-23(21)33-22-12-6-4-10-20(22)26(29)32/h4,6,10,12,14-15,18,21,23H,2-3,5,7-9,11,13,16-17H2,1H3,(H2,27,28)/t21-,23+/m1/s1. The normalized spacial score (nSPS) is 22.5. The number of ether oxygens (including phenoxy) is 1. The van der Waals surface area contributed by atoms with E-state index in [0.717, 1.165) is 51.4 Å². The van der Waals surface area contributed by atoms with Crippen molar-refractivity contribution in [3.63, 3.8) is 0 Å². The van der Waals surface area contributed by atoms with Gasteiger partial charge in [0, 0.05) is 31.9 Å². The number of fused-ring (bicyclic) bond motifs is 2. The van der Waals surface area contributed by atoms with Gasteiger partial charge in [0.2, 0.25) is 0 Å². The summed E-state index contributed by atoms with van der Waals surface area (Å²) >= 11 is 0. The van der Waals surface area contributed by atoms with E-state index in [1.54, 1.807) is 23.2 Å². The Balaban J connectivity index is 1.68. The summed E-state index contributed by atoms with van der Waals surface area (Å²) in [6.07, 6.45) is 9.14. The molecular weight excluding hydrogens is 416 g/mol. The van der Waals surface area contributed by atoms with Gasteiger partial charge in [0.25, 0.3) is 11.8 Å². The second-order valence-corrected chi connectivity index (χ2v) is 9.11. The number of carbonyl (C=O) groups excluding carboxylic acids is 2. The average Bonchev–Trinajstić information content (AvgIpc) is 2.83. The number of pyridine rings is 1. The molecule has 0 bridgehead atoms. The van der Waals surface area contributed by atoms with Gasteiger partial charge in [-0.3, -0.25) is 9.59 Å². The highest BCUT2D eigenvalue weighted by Gasteiger charge is 2.35. The molecule has 2 heterocycles. The third kappa shape index (κ3) is 5.46. The number of amides is 2. The van der Waals surface area contributed by atoms with Crippen LogP contribution in [0.25, 0.3) is 0 Å². The van der Waals surface area contributed by atoms with Crippen LogP contribution in [0.15, 0.2) is 42.6 Å². The third-order valence-corrected chi connectivity index (χ3v) is 6.74. The van der Waals surface area contributed by atoms with E-state index in [1.807, 2.05) is 36.2 Å². The lowest BCUT2D eigenvalue weighted by Crippen LogP contribution is -2.51. The summed E-state index contributed by atoms with van der Waals surface area (Å²) in [7, 11) is 1.86. The predicted octanol–water partition coefficient (Wildman–Crippen LogP) is 4.14. The number of nitrogen functional groups attached to an aromatic ring is 1. The Labute approximate surface area is 195 Å². The van der Waals surface area contributed by atoms with E-state index in [-0.39, 0.29) is 24.0 Å². The summed E-state index contributed by atoms with van der Waals surface area (Å²) < 4.78 is 6.53. The highest BCUT2D eigenvalue weighted by atomic mass is 16.5. The highest BCUT2D eigenvalue weighted by molar-refractivity contribution is 5.97. The van der Waals surface area contributed by atoms with Crippen molar-refractivity contribution in [1.29, 1.82) is 0 Å². The number of para-hydroxylation sites is 1.